The highest BCUT2D eigenvalue weighted by atomic mass is 16.4. The van der Waals surface area contributed by atoms with Crippen LogP contribution < -0.4 is 0 Å². The fraction of sp³-hybridized carbons (Fsp3) is 0.800. The monoisotopic (exact) mass is 318 g/mol. The number of carboxylic acids is 1. The van der Waals surface area contributed by atoms with Gasteiger partial charge in [-0.2, -0.15) is 0 Å². The molecule has 1 N–H and O–H groups in total. The topological polar surface area (TPSA) is 54.4 Å². The molecule has 0 unspecified atom stereocenters. The molecule has 0 aliphatic heterocycles. The molecule has 3 heteroatoms. The standard InChI is InChI=1S/C20H30O3/c1-12(2)14-7-8-16-15-6-5-13(3)17(21)11-19(15,4)9-10-20(14,16)18(22)23/h5,12,14-16H,6-11H2,1-4H3,(H,22,23)/t14-,15+,16+,19+,20+/m1/s1. The summed E-state index contributed by atoms with van der Waals surface area (Å²) in [5.74, 6) is 0.913. The fourth-order valence-corrected chi connectivity index (χ4v) is 6.19. The molecule has 3 aliphatic rings. The van der Waals surface area contributed by atoms with E-state index in [4.69, 9.17) is 0 Å². The first-order valence-corrected chi connectivity index (χ1v) is 9.16. The highest BCUT2D eigenvalue weighted by Crippen LogP contribution is 2.65. The van der Waals surface area contributed by atoms with Crippen LogP contribution in [0.1, 0.15) is 66.2 Å². The summed E-state index contributed by atoms with van der Waals surface area (Å²) in [5.41, 5.74) is 0.286. The molecular formula is C20H30O3. The summed E-state index contributed by atoms with van der Waals surface area (Å²) in [5, 5.41) is 10.2. The third-order valence-electron chi connectivity index (χ3n) is 7.49. The van der Waals surface area contributed by atoms with Crippen molar-refractivity contribution in [2.45, 2.75) is 66.2 Å². The number of ketones is 1. The zero-order chi connectivity index (χ0) is 17.0. The highest BCUT2D eigenvalue weighted by Gasteiger charge is 2.63. The summed E-state index contributed by atoms with van der Waals surface area (Å²) in [6.07, 6.45) is 7.20. The number of carboxylic acid groups (broad SMARTS) is 1. The number of allylic oxidation sites excluding steroid dienone is 2. The Morgan fingerprint density at radius 2 is 1.96 bits per heavy atom. The molecule has 3 aliphatic carbocycles. The van der Waals surface area contributed by atoms with E-state index in [2.05, 4.69) is 26.8 Å². The Balaban J connectivity index is 2.03. The number of hydrogen-bond donors (Lipinski definition) is 1. The first kappa shape index (κ1) is 16.7. The molecule has 0 radical (unpaired) electrons. The first-order valence-electron chi connectivity index (χ1n) is 9.16. The quantitative estimate of drug-likeness (QED) is 0.817. The Kier molecular flexibility index (Phi) is 3.97. The number of aliphatic carboxylic acids is 1. The average Bonchev–Trinajstić information content (AvgIpc) is 2.81. The zero-order valence-electron chi connectivity index (χ0n) is 14.9. The maximum atomic E-state index is 12.4. The normalized spacial score (nSPS) is 43.6. The zero-order valence-corrected chi connectivity index (χ0v) is 14.9. The molecule has 5 atom stereocenters. The second-order valence-corrected chi connectivity index (χ2v) is 8.86. The molecule has 3 nitrogen and oxygen atoms in total. The van der Waals surface area contributed by atoms with E-state index in [0.29, 0.717) is 18.3 Å². The Morgan fingerprint density at radius 1 is 1.26 bits per heavy atom. The van der Waals surface area contributed by atoms with Gasteiger partial charge in [-0.3, -0.25) is 9.59 Å². The van der Waals surface area contributed by atoms with Crippen molar-refractivity contribution in [2.24, 2.45) is 34.5 Å². The van der Waals surface area contributed by atoms with E-state index < -0.39 is 11.4 Å². The molecular weight excluding hydrogens is 288 g/mol. The van der Waals surface area contributed by atoms with Crippen LogP contribution in [-0.4, -0.2) is 16.9 Å². The van der Waals surface area contributed by atoms with Gasteiger partial charge in [0.2, 0.25) is 0 Å². The first-order chi connectivity index (χ1) is 10.7. The number of Topliss-reactive ketones (excluding diaryl/α,β-unsaturated/α-hetero) is 1. The molecule has 0 aromatic rings. The predicted octanol–water partition coefficient (Wildman–Crippen LogP) is 4.47. The molecule has 0 amide bonds. The van der Waals surface area contributed by atoms with Crippen molar-refractivity contribution in [1.82, 2.24) is 0 Å². The van der Waals surface area contributed by atoms with Crippen LogP contribution in [0.2, 0.25) is 0 Å². The van der Waals surface area contributed by atoms with Crippen molar-refractivity contribution < 1.29 is 14.7 Å². The van der Waals surface area contributed by atoms with E-state index in [9.17, 15) is 14.7 Å². The summed E-state index contributed by atoms with van der Waals surface area (Å²) >= 11 is 0. The molecule has 128 valence electrons. The van der Waals surface area contributed by atoms with Gasteiger partial charge in [0.05, 0.1) is 5.41 Å². The largest absolute Gasteiger partial charge is 0.481 e. The lowest BCUT2D eigenvalue weighted by Crippen LogP contribution is -2.52. The Hall–Kier alpha value is -1.12. The second-order valence-electron chi connectivity index (χ2n) is 8.86. The van der Waals surface area contributed by atoms with Crippen LogP contribution in [0.4, 0.5) is 0 Å². The van der Waals surface area contributed by atoms with Crippen LogP contribution in [0, 0.1) is 34.5 Å². The molecule has 0 spiro atoms. The minimum Gasteiger partial charge on any atom is -0.481 e. The van der Waals surface area contributed by atoms with Gasteiger partial charge in [-0.1, -0.05) is 26.8 Å². The SMILES string of the molecule is CC1=CC[C@H]2[C@@H]3CC[C@H](C(C)C)[C@@]3(C(=O)O)CC[C@@]2(C)CC1=O. The maximum absolute atomic E-state index is 12.4. The minimum atomic E-state index is -0.586. The number of fused-ring (bicyclic) bond motifs is 3. The van der Waals surface area contributed by atoms with Crippen LogP contribution in [0.25, 0.3) is 0 Å². The van der Waals surface area contributed by atoms with E-state index in [0.717, 1.165) is 37.7 Å². The van der Waals surface area contributed by atoms with E-state index in [1.165, 1.54) is 0 Å². The number of hydrogen-bond acceptors (Lipinski definition) is 2. The van der Waals surface area contributed by atoms with Crippen molar-refractivity contribution in [3.8, 4) is 0 Å². The van der Waals surface area contributed by atoms with Gasteiger partial charge in [0, 0.05) is 6.42 Å². The summed E-state index contributed by atoms with van der Waals surface area (Å²) in [6.45, 7) is 8.49. The number of carbonyl (C=O) groups excluding carboxylic acids is 1. The van der Waals surface area contributed by atoms with E-state index in [-0.39, 0.29) is 23.0 Å². The van der Waals surface area contributed by atoms with Crippen LogP contribution in [0.3, 0.4) is 0 Å². The Morgan fingerprint density at radius 3 is 2.57 bits per heavy atom. The number of carbonyl (C=O) groups is 2. The van der Waals surface area contributed by atoms with E-state index >= 15 is 0 Å². The molecule has 0 saturated heterocycles. The average molecular weight is 318 g/mol. The maximum Gasteiger partial charge on any atom is 0.310 e. The van der Waals surface area contributed by atoms with Crippen molar-refractivity contribution in [1.29, 1.82) is 0 Å². The molecule has 2 saturated carbocycles. The second kappa shape index (κ2) is 5.46. The molecule has 0 heterocycles. The third-order valence-corrected chi connectivity index (χ3v) is 7.49. The van der Waals surface area contributed by atoms with Gasteiger partial charge in [0.25, 0.3) is 0 Å². The lowest BCUT2D eigenvalue weighted by Gasteiger charge is -2.53. The number of rotatable bonds is 2. The summed E-state index contributed by atoms with van der Waals surface area (Å²) in [4.78, 5) is 24.8. The molecule has 2 fully saturated rings. The van der Waals surface area contributed by atoms with Gasteiger partial charge in [0.1, 0.15) is 0 Å². The van der Waals surface area contributed by atoms with Gasteiger partial charge in [-0.25, -0.2) is 0 Å². The smallest absolute Gasteiger partial charge is 0.310 e. The molecule has 0 bridgehead atoms. The van der Waals surface area contributed by atoms with Gasteiger partial charge in [-0.15, -0.1) is 0 Å². The third kappa shape index (κ3) is 2.30. The van der Waals surface area contributed by atoms with Gasteiger partial charge in [0.15, 0.2) is 5.78 Å². The lowest BCUT2D eigenvalue weighted by molar-refractivity contribution is -0.166. The minimum absolute atomic E-state index is 0.0270. The molecule has 3 rings (SSSR count). The highest BCUT2D eigenvalue weighted by molar-refractivity contribution is 5.95. The predicted molar refractivity (Wildman–Crippen MR) is 89.9 cm³/mol. The Labute approximate surface area is 139 Å². The van der Waals surface area contributed by atoms with Crippen LogP contribution >= 0.6 is 0 Å². The summed E-state index contributed by atoms with van der Waals surface area (Å²) < 4.78 is 0. The van der Waals surface area contributed by atoms with E-state index in [1.807, 2.05) is 6.92 Å². The van der Waals surface area contributed by atoms with E-state index in [1.54, 1.807) is 0 Å². The van der Waals surface area contributed by atoms with Crippen molar-refractivity contribution in [3.05, 3.63) is 11.6 Å². The van der Waals surface area contributed by atoms with Crippen LogP contribution in [0.5, 0.6) is 0 Å². The van der Waals surface area contributed by atoms with Gasteiger partial charge in [-0.05, 0) is 73.7 Å². The summed E-state index contributed by atoms with van der Waals surface area (Å²) in [6, 6.07) is 0. The van der Waals surface area contributed by atoms with Gasteiger partial charge >= 0.3 is 5.97 Å². The lowest BCUT2D eigenvalue weighted by atomic mass is 9.50. The molecule has 0 aromatic heterocycles. The van der Waals surface area contributed by atoms with Crippen molar-refractivity contribution in [2.75, 3.05) is 0 Å². The summed E-state index contributed by atoms with van der Waals surface area (Å²) in [7, 11) is 0. The van der Waals surface area contributed by atoms with Crippen LogP contribution in [-0.2, 0) is 9.59 Å². The van der Waals surface area contributed by atoms with Crippen LogP contribution in [0.15, 0.2) is 11.6 Å². The molecule has 23 heavy (non-hydrogen) atoms. The molecule has 0 aromatic carbocycles. The van der Waals surface area contributed by atoms with Gasteiger partial charge < -0.3 is 5.11 Å². The van der Waals surface area contributed by atoms with Crippen molar-refractivity contribution in [3.63, 3.8) is 0 Å². The Bertz CT molecular complexity index is 561. The fourth-order valence-electron chi connectivity index (χ4n) is 6.19. The van der Waals surface area contributed by atoms with Crippen molar-refractivity contribution >= 4 is 11.8 Å².